The molecule has 0 spiro atoms. The molecule has 3 rings (SSSR count). The molecule has 1 unspecified atom stereocenters. The van der Waals surface area contributed by atoms with Crippen LogP contribution in [0.25, 0.3) is 0 Å². The molecule has 2 aromatic rings. The molecule has 0 amide bonds. The minimum Gasteiger partial charge on any atom is -0.371 e. The Bertz CT molecular complexity index is 626. The highest BCUT2D eigenvalue weighted by Crippen LogP contribution is 2.23. The third kappa shape index (κ3) is 3.34. The lowest BCUT2D eigenvalue weighted by Gasteiger charge is -2.32. The minimum atomic E-state index is -0.219. The summed E-state index contributed by atoms with van der Waals surface area (Å²) >= 11 is 0. The summed E-state index contributed by atoms with van der Waals surface area (Å²) in [4.78, 5) is 4.04. The maximum atomic E-state index is 13.0. The molecule has 118 valence electrons. The van der Waals surface area contributed by atoms with E-state index in [-0.39, 0.29) is 11.9 Å². The first-order chi connectivity index (χ1) is 10.7. The SMILES string of the molecule is CCn1nc(C)c(CN2CCOC(c3ccc(F)cc3)C2)n1. The van der Waals surface area contributed by atoms with Gasteiger partial charge in [-0.25, -0.2) is 4.39 Å². The number of nitrogens with zero attached hydrogens (tertiary/aromatic N) is 4. The van der Waals surface area contributed by atoms with Crippen molar-refractivity contribution in [2.24, 2.45) is 0 Å². The lowest BCUT2D eigenvalue weighted by Crippen LogP contribution is -2.38. The van der Waals surface area contributed by atoms with Crippen molar-refractivity contribution in [1.82, 2.24) is 19.9 Å². The van der Waals surface area contributed by atoms with E-state index in [2.05, 4.69) is 15.1 Å². The molecule has 5 nitrogen and oxygen atoms in total. The van der Waals surface area contributed by atoms with Crippen molar-refractivity contribution >= 4 is 0 Å². The van der Waals surface area contributed by atoms with Gasteiger partial charge in [-0.2, -0.15) is 15.0 Å². The second-order valence-corrected chi connectivity index (χ2v) is 5.57. The molecule has 0 bridgehead atoms. The van der Waals surface area contributed by atoms with Crippen LogP contribution in [0.1, 0.15) is 30.0 Å². The number of aryl methyl sites for hydroxylation is 2. The zero-order valence-corrected chi connectivity index (χ0v) is 13.0. The van der Waals surface area contributed by atoms with Crippen LogP contribution in [-0.2, 0) is 17.8 Å². The first kappa shape index (κ1) is 15.1. The van der Waals surface area contributed by atoms with Crippen LogP contribution >= 0.6 is 0 Å². The van der Waals surface area contributed by atoms with Gasteiger partial charge in [0.15, 0.2) is 0 Å². The van der Waals surface area contributed by atoms with Crippen LogP contribution in [0.15, 0.2) is 24.3 Å². The molecule has 1 aliphatic rings. The van der Waals surface area contributed by atoms with Crippen LogP contribution < -0.4 is 0 Å². The minimum absolute atomic E-state index is 0.0177. The molecule has 22 heavy (non-hydrogen) atoms. The highest BCUT2D eigenvalue weighted by atomic mass is 19.1. The Hall–Kier alpha value is -1.79. The number of hydrogen-bond acceptors (Lipinski definition) is 4. The molecule has 1 aliphatic heterocycles. The van der Waals surface area contributed by atoms with Crippen molar-refractivity contribution in [1.29, 1.82) is 0 Å². The van der Waals surface area contributed by atoms with Gasteiger partial charge in [0.2, 0.25) is 0 Å². The van der Waals surface area contributed by atoms with Crippen molar-refractivity contribution in [3.05, 3.63) is 47.0 Å². The third-order valence-electron chi connectivity index (χ3n) is 3.97. The highest BCUT2D eigenvalue weighted by Gasteiger charge is 2.23. The van der Waals surface area contributed by atoms with Crippen LogP contribution in [0.5, 0.6) is 0 Å². The van der Waals surface area contributed by atoms with Gasteiger partial charge < -0.3 is 4.74 Å². The summed E-state index contributed by atoms with van der Waals surface area (Å²) in [5, 5.41) is 8.89. The molecule has 0 radical (unpaired) electrons. The van der Waals surface area contributed by atoms with Gasteiger partial charge in [0, 0.05) is 19.6 Å². The zero-order valence-electron chi connectivity index (χ0n) is 13.0. The van der Waals surface area contributed by atoms with E-state index in [0.29, 0.717) is 6.61 Å². The lowest BCUT2D eigenvalue weighted by molar-refractivity contribution is -0.0334. The van der Waals surface area contributed by atoms with E-state index in [1.807, 2.05) is 13.8 Å². The average Bonchev–Trinajstić information content (AvgIpc) is 2.88. The summed E-state index contributed by atoms with van der Waals surface area (Å²) in [6, 6.07) is 6.55. The molecule has 1 aromatic carbocycles. The number of rotatable bonds is 4. The Morgan fingerprint density at radius 1 is 1.27 bits per heavy atom. The summed E-state index contributed by atoms with van der Waals surface area (Å²) in [7, 11) is 0. The molecule has 0 N–H and O–H groups in total. The number of benzene rings is 1. The Balaban J connectivity index is 1.67. The maximum absolute atomic E-state index is 13.0. The first-order valence-electron chi connectivity index (χ1n) is 7.65. The third-order valence-corrected chi connectivity index (χ3v) is 3.97. The fourth-order valence-corrected chi connectivity index (χ4v) is 2.69. The van der Waals surface area contributed by atoms with Gasteiger partial charge in [0.25, 0.3) is 0 Å². The van der Waals surface area contributed by atoms with Crippen LogP contribution in [-0.4, -0.2) is 39.6 Å². The molecule has 2 heterocycles. The quantitative estimate of drug-likeness (QED) is 0.869. The molecule has 6 heteroatoms. The zero-order chi connectivity index (χ0) is 15.5. The topological polar surface area (TPSA) is 43.2 Å². The highest BCUT2D eigenvalue weighted by molar-refractivity contribution is 5.19. The van der Waals surface area contributed by atoms with Gasteiger partial charge in [-0.1, -0.05) is 12.1 Å². The largest absolute Gasteiger partial charge is 0.371 e. The maximum Gasteiger partial charge on any atom is 0.123 e. The molecule has 1 atom stereocenters. The van der Waals surface area contributed by atoms with Gasteiger partial charge in [-0.15, -0.1) is 0 Å². The van der Waals surface area contributed by atoms with Crippen LogP contribution in [0, 0.1) is 12.7 Å². The van der Waals surface area contributed by atoms with Crippen molar-refractivity contribution < 1.29 is 9.13 Å². The molecule has 0 aliphatic carbocycles. The van der Waals surface area contributed by atoms with Crippen molar-refractivity contribution in [3.8, 4) is 0 Å². The second-order valence-electron chi connectivity index (χ2n) is 5.57. The van der Waals surface area contributed by atoms with E-state index in [1.54, 1.807) is 16.9 Å². The van der Waals surface area contributed by atoms with Gasteiger partial charge in [-0.3, -0.25) is 4.90 Å². The number of aromatic nitrogens is 3. The lowest BCUT2D eigenvalue weighted by atomic mass is 10.1. The average molecular weight is 304 g/mol. The summed E-state index contributed by atoms with van der Waals surface area (Å²) in [6.45, 7) is 7.90. The predicted molar refractivity (Wildman–Crippen MR) is 80.8 cm³/mol. The first-order valence-corrected chi connectivity index (χ1v) is 7.65. The van der Waals surface area contributed by atoms with E-state index in [4.69, 9.17) is 4.74 Å². The number of ether oxygens (including phenoxy) is 1. The molecule has 1 saturated heterocycles. The van der Waals surface area contributed by atoms with Gasteiger partial charge >= 0.3 is 0 Å². The second kappa shape index (κ2) is 6.54. The van der Waals surface area contributed by atoms with E-state index >= 15 is 0 Å². The summed E-state index contributed by atoms with van der Waals surface area (Å²) in [6.07, 6.45) is -0.0177. The van der Waals surface area contributed by atoms with Crippen LogP contribution in [0.3, 0.4) is 0 Å². The van der Waals surface area contributed by atoms with E-state index in [0.717, 1.165) is 43.1 Å². The van der Waals surface area contributed by atoms with Gasteiger partial charge in [-0.05, 0) is 31.5 Å². The Labute approximate surface area is 129 Å². The summed E-state index contributed by atoms with van der Waals surface area (Å²) in [5.41, 5.74) is 3.01. The number of hydrogen-bond donors (Lipinski definition) is 0. The van der Waals surface area contributed by atoms with Crippen molar-refractivity contribution in [2.45, 2.75) is 33.0 Å². The van der Waals surface area contributed by atoms with Crippen LogP contribution in [0.2, 0.25) is 0 Å². The monoisotopic (exact) mass is 304 g/mol. The molecular weight excluding hydrogens is 283 g/mol. The Morgan fingerprint density at radius 3 is 2.73 bits per heavy atom. The molecule has 0 saturated carbocycles. The molecular formula is C16H21FN4O. The van der Waals surface area contributed by atoms with Crippen molar-refractivity contribution in [3.63, 3.8) is 0 Å². The van der Waals surface area contributed by atoms with Gasteiger partial charge in [0.1, 0.15) is 5.82 Å². The van der Waals surface area contributed by atoms with Crippen molar-refractivity contribution in [2.75, 3.05) is 19.7 Å². The number of morpholine rings is 1. The summed E-state index contributed by atoms with van der Waals surface area (Å²) < 4.78 is 18.9. The summed E-state index contributed by atoms with van der Waals surface area (Å²) in [5.74, 6) is -0.219. The normalized spacial score (nSPS) is 19.5. The van der Waals surface area contributed by atoms with Gasteiger partial charge in [0.05, 0.1) is 30.6 Å². The fraction of sp³-hybridized carbons (Fsp3) is 0.500. The van der Waals surface area contributed by atoms with Crippen LogP contribution in [0.4, 0.5) is 4.39 Å². The van der Waals surface area contributed by atoms with E-state index < -0.39 is 0 Å². The van der Waals surface area contributed by atoms with E-state index in [9.17, 15) is 4.39 Å². The number of halogens is 1. The predicted octanol–water partition coefficient (Wildman–Crippen LogP) is 2.32. The standard InChI is InChI=1S/C16H21FN4O/c1-3-21-18-12(2)15(19-21)10-20-8-9-22-16(11-20)13-4-6-14(17)7-5-13/h4-7,16H,3,8-11H2,1-2H3. The fourth-order valence-electron chi connectivity index (χ4n) is 2.69. The van der Waals surface area contributed by atoms with E-state index in [1.165, 1.54) is 12.1 Å². The molecule has 1 aromatic heterocycles. The Kier molecular flexibility index (Phi) is 4.49. The smallest absolute Gasteiger partial charge is 0.123 e. The molecule has 1 fully saturated rings. The Morgan fingerprint density at radius 2 is 2.05 bits per heavy atom.